The number of carbonyl (C=O) groups excluding carboxylic acids is 2. The quantitative estimate of drug-likeness (QED) is 0.707. The Labute approximate surface area is 130 Å². The van der Waals surface area contributed by atoms with Crippen molar-refractivity contribution >= 4 is 29.9 Å². The van der Waals surface area contributed by atoms with E-state index < -0.39 is 0 Å². The second-order valence-electron chi connectivity index (χ2n) is 4.39. The highest BCUT2D eigenvalue weighted by Gasteiger charge is 2.05. The molecule has 118 valence electrons. The third-order valence-electron chi connectivity index (χ3n) is 2.68. The first-order valence-electron chi connectivity index (χ1n) is 6.58. The zero-order chi connectivity index (χ0) is 15.0. The molecule has 4 N–H and O–H groups in total. The van der Waals surface area contributed by atoms with E-state index in [1.807, 2.05) is 6.92 Å². The van der Waals surface area contributed by atoms with Crippen LogP contribution < -0.4 is 21.1 Å². The van der Waals surface area contributed by atoms with Gasteiger partial charge in [0, 0.05) is 5.69 Å². The van der Waals surface area contributed by atoms with Gasteiger partial charge < -0.3 is 21.1 Å². The lowest BCUT2D eigenvalue weighted by Gasteiger charge is -2.13. The molecule has 1 aromatic rings. The van der Waals surface area contributed by atoms with E-state index in [9.17, 15) is 9.59 Å². The van der Waals surface area contributed by atoms with Crippen LogP contribution in [0.1, 0.15) is 20.3 Å². The number of hydrogen-bond donors (Lipinski definition) is 3. The molecule has 0 bridgehead atoms. The molecule has 2 amide bonds. The minimum Gasteiger partial charge on any atom is -0.491 e. The summed E-state index contributed by atoms with van der Waals surface area (Å²) in [6.45, 7) is 3.82. The Morgan fingerprint density at radius 1 is 1.24 bits per heavy atom. The minimum atomic E-state index is -0.363. The molecule has 0 fully saturated rings. The SMILES string of the molecule is CCC(C)Oc1ccc(NC(=O)CNC(=O)CN)cc1.Cl. The number of benzene rings is 1. The highest BCUT2D eigenvalue weighted by atomic mass is 35.5. The fourth-order valence-corrected chi connectivity index (χ4v) is 1.39. The molecule has 0 radical (unpaired) electrons. The second kappa shape index (κ2) is 10.0. The van der Waals surface area contributed by atoms with E-state index in [1.54, 1.807) is 24.3 Å². The first-order valence-corrected chi connectivity index (χ1v) is 6.58. The molecule has 1 atom stereocenters. The largest absolute Gasteiger partial charge is 0.491 e. The maximum absolute atomic E-state index is 11.5. The minimum absolute atomic E-state index is 0. The number of ether oxygens (including phenoxy) is 1. The summed E-state index contributed by atoms with van der Waals surface area (Å²) in [5, 5.41) is 5.06. The van der Waals surface area contributed by atoms with Crippen LogP contribution in [0, 0.1) is 0 Å². The van der Waals surface area contributed by atoms with Crippen LogP contribution in [0.25, 0.3) is 0 Å². The zero-order valence-corrected chi connectivity index (χ0v) is 13.0. The normalized spacial score (nSPS) is 11.0. The van der Waals surface area contributed by atoms with Gasteiger partial charge in [-0.25, -0.2) is 0 Å². The van der Waals surface area contributed by atoms with Crippen molar-refractivity contribution in [1.82, 2.24) is 5.32 Å². The molecule has 0 heterocycles. The fourth-order valence-electron chi connectivity index (χ4n) is 1.39. The van der Waals surface area contributed by atoms with Crippen LogP contribution in [0.3, 0.4) is 0 Å². The summed E-state index contributed by atoms with van der Waals surface area (Å²) in [5.74, 6) is 0.0913. The zero-order valence-electron chi connectivity index (χ0n) is 12.2. The summed E-state index contributed by atoms with van der Waals surface area (Å²) in [5.41, 5.74) is 5.77. The first-order chi connectivity index (χ1) is 9.55. The Bertz CT molecular complexity index is 451. The van der Waals surface area contributed by atoms with Gasteiger partial charge in [0.05, 0.1) is 19.2 Å². The van der Waals surface area contributed by atoms with E-state index in [4.69, 9.17) is 10.5 Å². The van der Waals surface area contributed by atoms with Gasteiger partial charge >= 0.3 is 0 Å². The van der Waals surface area contributed by atoms with Gasteiger partial charge in [-0.2, -0.15) is 0 Å². The van der Waals surface area contributed by atoms with Crippen LogP contribution in [0.4, 0.5) is 5.69 Å². The molecule has 0 aliphatic rings. The van der Waals surface area contributed by atoms with E-state index >= 15 is 0 Å². The van der Waals surface area contributed by atoms with E-state index in [0.717, 1.165) is 12.2 Å². The molecular formula is C14H22ClN3O3. The molecule has 7 heteroatoms. The van der Waals surface area contributed by atoms with E-state index in [-0.39, 0.29) is 43.4 Å². The average molecular weight is 316 g/mol. The number of halogens is 1. The van der Waals surface area contributed by atoms with Crippen molar-refractivity contribution in [3.8, 4) is 5.75 Å². The van der Waals surface area contributed by atoms with Gasteiger partial charge in [-0.05, 0) is 37.6 Å². The van der Waals surface area contributed by atoms with Crippen LogP contribution in [-0.4, -0.2) is 31.0 Å². The number of hydrogen-bond acceptors (Lipinski definition) is 4. The average Bonchev–Trinajstić information content (AvgIpc) is 2.46. The molecule has 1 aromatic carbocycles. The van der Waals surface area contributed by atoms with Crippen molar-refractivity contribution in [2.75, 3.05) is 18.4 Å². The molecule has 0 spiro atoms. The van der Waals surface area contributed by atoms with Crippen molar-refractivity contribution < 1.29 is 14.3 Å². The Balaban J connectivity index is 0.00000400. The van der Waals surface area contributed by atoms with Gasteiger partial charge in [-0.3, -0.25) is 9.59 Å². The number of nitrogens with two attached hydrogens (primary N) is 1. The molecule has 21 heavy (non-hydrogen) atoms. The lowest BCUT2D eigenvalue weighted by atomic mass is 10.2. The van der Waals surface area contributed by atoms with Gasteiger partial charge in [-0.1, -0.05) is 6.92 Å². The van der Waals surface area contributed by atoms with E-state index in [1.165, 1.54) is 0 Å². The molecular weight excluding hydrogens is 294 g/mol. The van der Waals surface area contributed by atoms with Crippen molar-refractivity contribution in [2.45, 2.75) is 26.4 Å². The molecule has 0 saturated heterocycles. The van der Waals surface area contributed by atoms with Gasteiger partial charge in [0.15, 0.2) is 0 Å². The summed E-state index contributed by atoms with van der Waals surface area (Å²) in [6, 6.07) is 7.08. The Hall–Kier alpha value is -1.79. The molecule has 1 unspecified atom stereocenters. The van der Waals surface area contributed by atoms with Crippen LogP contribution in [-0.2, 0) is 9.59 Å². The van der Waals surface area contributed by atoms with Gasteiger partial charge in [-0.15, -0.1) is 12.4 Å². The smallest absolute Gasteiger partial charge is 0.243 e. The van der Waals surface area contributed by atoms with Crippen LogP contribution >= 0.6 is 12.4 Å². The lowest BCUT2D eigenvalue weighted by molar-refractivity contribution is -0.123. The predicted molar refractivity (Wildman–Crippen MR) is 84.8 cm³/mol. The topological polar surface area (TPSA) is 93.5 Å². The molecule has 1 rings (SSSR count). The van der Waals surface area contributed by atoms with Crippen LogP contribution in [0.5, 0.6) is 5.75 Å². The summed E-state index contributed by atoms with van der Waals surface area (Å²) in [4.78, 5) is 22.5. The van der Waals surface area contributed by atoms with Gasteiger partial charge in [0.25, 0.3) is 0 Å². The number of anilines is 1. The van der Waals surface area contributed by atoms with Gasteiger partial charge in [0.1, 0.15) is 5.75 Å². The van der Waals surface area contributed by atoms with Crippen molar-refractivity contribution in [2.24, 2.45) is 5.73 Å². The fraction of sp³-hybridized carbons (Fsp3) is 0.429. The Morgan fingerprint density at radius 3 is 2.38 bits per heavy atom. The molecule has 6 nitrogen and oxygen atoms in total. The number of carbonyl (C=O) groups is 2. The summed E-state index contributed by atoms with van der Waals surface area (Å²) < 4.78 is 5.63. The predicted octanol–water partition coefficient (Wildman–Crippen LogP) is 1.30. The molecule has 0 aromatic heterocycles. The Kier molecular flexibility index (Phi) is 9.16. The summed E-state index contributed by atoms with van der Waals surface area (Å²) in [6.07, 6.45) is 1.08. The summed E-state index contributed by atoms with van der Waals surface area (Å²) in [7, 11) is 0. The number of nitrogens with one attached hydrogen (secondary N) is 2. The highest BCUT2D eigenvalue weighted by Crippen LogP contribution is 2.17. The van der Waals surface area contributed by atoms with Crippen LogP contribution in [0.15, 0.2) is 24.3 Å². The maximum atomic E-state index is 11.5. The highest BCUT2D eigenvalue weighted by molar-refractivity contribution is 5.94. The van der Waals surface area contributed by atoms with Crippen molar-refractivity contribution in [3.63, 3.8) is 0 Å². The lowest BCUT2D eigenvalue weighted by Crippen LogP contribution is -2.36. The van der Waals surface area contributed by atoms with E-state index in [2.05, 4.69) is 17.6 Å². The molecule has 0 aliphatic heterocycles. The van der Waals surface area contributed by atoms with Crippen molar-refractivity contribution in [1.29, 1.82) is 0 Å². The Morgan fingerprint density at radius 2 is 1.86 bits per heavy atom. The third-order valence-corrected chi connectivity index (χ3v) is 2.68. The van der Waals surface area contributed by atoms with Crippen molar-refractivity contribution in [3.05, 3.63) is 24.3 Å². The third kappa shape index (κ3) is 7.53. The van der Waals surface area contributed by atoms with Gasteiger partial charge in [0.2, 0.25) is 11.8 Å². The molecule has 0 saturated carbocycles. The van der Waals surface area contributed by atoms with Crippen LogP contribution in [0.2, 0.25) is 0 Å². The number of rotatable bonds is 7. The number of amides is 2. The standard InChI is InChI=1S/C14H21N3O3.ClH/c1-3-10(2)20-12-6-4-11(5-7-12)17-14(19)9-16-13(18)8-15;/h4-7,10H,3,8-9,15H2,1-2H3,(H,16,18)(H,17,19);1H. The van der Waals surface area contributed by atoms with E-state index in [0.29, 0.717) is 5.69 Å². The first kappa shape index (κ1) is 19.2. The summed E-state index contributed by atoms with van der Waals surface area (Å²) >= 11 is 0. The monoisotopic (exact) mass is 315 g/mol. The maximum Gasteiger partial charge on any atom is 0.243 e. The second-order valence-corrected chi connectivity index (χ2v) is 4.39. The molecule has 0 aliphatic carbocycles.